The lowest BCUT2D eigenvalue weighted by atomic mass is 9.46. The fraction of sp³-hybridized carbons (Fsp3) is 0.879. The maximum atomic E-state index is 10.3. The van der Waals surface area contributed by atoms with Gasteiger partial charge in [0.2, 0.25) is 0 Å². The minimum absolute atomic E-state index is 0.0880. The molecule has 4 aliphatic rings. The predicted octanol–water partition coefficient (Wildman–Crippen LogP) is 9.36. The molecule has 0 bridgehead atoms. The van der Waals surface area contributed by atoms with Gasteiger partial charge in [0.25, 0.3) is 0 Å². The zero-order valence-electron chi connectivity index (χ0n) is 23.7. The van der Waals surface area contributed by atoms with Crippen LogP contribution in [0.15, 0.2) is 23.3 Å². The molecule has 1 N–H and O–H groups in total. The van der Waals surface area contributed by atoms with Crippen LogP contribution in [0.25, 0.3) is 0 Å². The Morgan fingerprint density at radius 1 is 1.03 bits per heavy atom. The molecule has 3 saturated carbocycles. The summed E-state index contributed by atoms with van der Waals surface area (Å²) in [5.74, 6) is 6.03. The van der Waals surface area contributed by atoms with Crippen LogP contribution in [0.5, 0.6) is 0 Å². The van der Waals surface area contributed by atoms with E-state index in [0.29, 0.717) is 16.7 Å². The van der Waals surface area contributed by atoms with Crippen molar-refractivity contribution >= 4 is 0 Å². The van der Waals surface area contributed by atoms with E-state index >= 15 is 0 Å². The predicted molar refractivity (Wildman–Crippen MR) is 147 cm³/mol. The molecule has 0 saturated heterocycles. The number of rotatable bonds is 8. The van der Waals surface area contributed by atoms with Crippen LogP contribution in [0.1, 0.15) is 126 Å². The van der Waals surface area contributed by atoms with Crippen LogP contribution in [-0.4, -0.2) is 11.2 Å². The van der Waals surface area contributed by atoms with E-state index in [-0.39, 0.29) is 6.10 Å². The summed E-state index contributed by atoms with van der Waals surface area (Å²) < 4.78 is 0. The fourth-order valence-corrected chi connectivity index (χ4v) is 9.84. The molecule has 0 aromatic heterocycles. The van der Waals surface area contributed by atoms with Crippen LogP contribution in [0.3, 0.4) is 0 Å². The van der Waals surface area contributed by atoms with Gasteiger partial charge in [-0.3, -0.25) is 0 Å². The van der Waals surface area contributed by atoms with Crippen LogP contribution in [0.4, 0.5) is 0 Å². The highest BCUT2D eigenvalue weighted by molar-refractivity contribution is 5.25. The third kappa shape index (κ3) is 5.12. The number of hydrogen-bond acceptors (Lipinski definition) is 1. The molecule has 0 heterocycles. The molecule has 0 aromatic rings. The van der Waals surface area contributed by atoms with Crippen LogP contribution in [0, 0.1) is 52.3 Å². The Balaban J connectivity index is 1.54. The maximum Gasteiger partial charge on any atom is 0.0577 e. The zero-order valence-corrected chi connectivity index (χ0v) is 23.7. The number of fused-ring (bicyclic) bond motifs is 5. The molecule has 0 spiro atoms. The van der Waals surface area contributed by atoms with Gasteiger partial charge in [-0.25, -0.2) is 0 Å². The minimum Gasteiger partial charge on any atom is -0.393 e. The van der Waals surface area contributed by atoms with Gasteiger partial charge in [-0.2, -0.15) is 0 Å². The Kier molecular flexibility index (Phi) is 8.13. The van der Waals surface area contributed by atoms with Crippen molar-refractivity contribution in [2.45, 2.75) is 132 Å². The molecule has 0 radical (unpaired) electrons. The van der Waals surface area contributed by atoms with Gasteiger partial charge in [0.15, 0.2) is 0 Å². The first kappa shape index (κ1) is 26.5. The summed E-state index contributed by atoms with van der Waals surface area (Å²) >= 11 is 0. The molecule has 34 heavy (non-hydrogen) atoms. The second-order valence-electron chi connectivity index (χ2n) is 14.4. The molecule has 0 aliphatic heterocycles. The Labute approximate surface area is 212 Å². The Hall–Kier alpha value is -0.560. The van der Waals surface area contributed by atoms with E-state index in [1.165, 1.54) is 69.8 Å². The number of allylic oxidation sites excluding steroid dienone is 3. The molecular weight excluding hydrogens is 412 g/mol. The van der Waals surface area contributed by atoms with Crippen molar-refractivity contribution in [1.82, 2.24) is 0 Å². The second-order valence-corrected chi connectivity index (χ2v) is 14.4. The normalized spacial score (nSPS) is 41.2. The lowest BCUT2D eigenvalue weighted by molar-refractivity contribution is -0.0597. The van der Waals surface area contributed by atoms with E-state index in [4.69, 9.17) is 0 Å². The SMILES string of the molecule is CC(C)=CC(C)C[C@H](CCCC(C)C)[C@H]1CC[C@H]2[C@@H]3CC=C4C[C@@H](O)CC[C@]4(C)[C@H]3CC[C@]12C. The molecule has 1 unspecified atom stereocenters. The average molecular weight is 469 g/mol. The van der Waals surface area contributed by atoms with E-state index < -0.39 is 0 Å². The zero-order chi connectivity index (χ0) is 24.7. The van der Waals surface area contributed by atoms with Gasteiger partial charge in [-0.05, 0) is 124 Å². The quantitative estimate of drug-likeness (QED) is 0.352. The molecular formula is C33H56O. The first-order valence-corrected chi connectivity index (χ1v) is 15.1. The lowest BCUT2D eigenvalue weighted by Crippen LogP contribution is -2.51. The van der Waals surface area contributed by atoms with E-state index in [2.05, 4.69) is 60.6 Å². The molecule has 4 rings (SSSR count). The molecule has 194 valence electrons. The van der Waals surface area contributed by atoms with Crippen molar-refractivity contribution in [1.29, 1.82) is 0 Å². The fourth-order valence-electron chi connectivity index (χ4n) is 9.84. The first-order chi connectivity index (χ1) is 16.0. The van der Waals surface area contributed by atoms with Gasteiger partial charge in [-0.1, -0.05) is 77.2 Å². The van der Waals surface area contributed by atoms with Crippen LogP contribution < -0.4 is 0 Å². The van der Waals surface area contributed by atoms with Gasteiger partial charge >= 0.3 is 0 Å². The molecule has 1 heteroatoms. The van der Waals surface area contributed by atoms with Crippen LogP contribution in [-0.2, 0) is 0 Å². The smallest absolute Gasteiger partial charge is 0.0577 e. The topological polar surface area (TPSA) is 20.2 Å². The van der Waals surface area contributed by atoms with Gasteiger partial charge in [0, 0.05) is 0 Å². The summed E-state index contributed by atoms with van der Waals surface area (Å²) in [6, 6.07) is 0. The molecule has 9 atom stereocenters. The van der Waals surface area contributed by atoms with Gasteiger partial charge in [0.05, 0.1) is 6.10 Å². The van der Waals surface area contributed by atoms with Gasteiger partial charge in [-0.15, -0.1) is 0 Å². The Morgan fingerprint density at radius 3 is 2.50 bits per heavy atom. The van der Waals surface area contributed by atoms with E-state index in [1.807, 2.05) is 0 Å². The van der Waals surface area contributed by atoms with Crippen molar-refractivity contribution in [3.63, 3.8) is 0 Å². The van der Waals surface area contributed by atoms with Gasteiger partial charge in [0.1, 0.15) is 0 Å². The van der Waals surface area contributed by atoms with E-state index in [1.54, 1.807) is 5.57 Å². The maximum absolute atomic E-state index is 10.3. The summed E-state index contributed by atoms with van der Waals surface area (Å²) in [7, 11) is 0. The summed E-state index contributed by atoms with van der Waals surface area (Å²) in [5, 5.41) is 10.3. The summed E-state index contributed by atoms with van der Waals surface area (Å²) in [6.45, 7) is 17.1. The Bertz CT molecular complexity index is 757. The molecule has 0 amide bonds. The largest absolute Gasteiger partial charge is 0.393 e. The number of aliphatic hydroxyl groups excluding tert-OH is 1. The highest BCUT2D eigenvalue weighted by atomic mass is 16.3. The number of hydrogen-bond donors (Lipinski definition) is 1. The molecule has 3 fully saturated rings. The van der Waals surface area contributed by atoms with E-state index in [9.17, 15) is 5.11 Å². The van der Waals surface area contributed by atoms with Crippen molar-refractivity contribution in [3.8, 4) is 0 Å². The van der Waals surface area contributed by atoms with Gasteiger partial charge < -0.3 is 5.11 Å². The van der Waals surface area contributed by atoms with Crippen LogP contribution >= 0.6 is 0 Å². The summed E-state index contributed by atoms with van der Waals surface area (Å²) in [5.41, 5.74) is 4.02. The highest BCUT2D eigenvalue weighted by Crippen LogP contribution is 2.67. The molecule has 0 aromatic carbocycles. The number of aliphatic hydroxyl groups is 1. The van der Waals surface area contributed by atoms with E-state index in [0.717, 1.165) is 48.3 Å². The van der Waals surface area contributed by atoms with Crippen molar-refractivity contribution in [2.24, 2.45) is 52.3 Å². The summed E-state index contributed by atoms with van der Waals surface area (Å²) in [6.07, 6.45) is 21.0. The lowest BCUT2D eigenvalue weighted by Gasteiger charge is -2.58. The molecule has 4 aliphatic carbocycles. The third-order valence-electron chi connectivity index (χ3n) is 11.4. The molecule has 1 nitrogen and oxygen atoms in total. The van der Waals surface area contributed by atoms with Crippen molar-refractivity contribution in [3.05, 3.63) is 23.3 Å². The average Bonchev–Trinajstić information content (AvgIpc) is 3.10. The van der Waals surface area contributed by atoms with Crippen LogP contribution in [0.2, 0.25) is 0 Å². The first-order valence-electron chi connectivity index (χ1n) is 15.1. The highest BCUT2D eigenvalue weighted by Gasteiger charge is 2.59. The monoisotopic (exact) mass is 468 g/mol. The second kappa shape index (κ2) is 10.4. The standard InChI is InChI=1S/C33H56O/c1-22(2)9-8-10-25(20-24(5)19-23(3)4)29-13-14-30-28-12-11-26-21-27(34)15-17-32(26,6)31(28)16-18-33(29,30)7/h11,19,22,24-25,27-31,34H,8-10,12-18,20-21H2,1-7H3/t24?,25-,27-,28-,29+,30-,31-,32-,33+/m0/s1. The van der Waals surface area contributed by atoms with Crippen molar-refractivity contribution in [2.75, 3.05) is 0 Å². The minimum atomic E-state index is -0.0880. The third-order valence-corrected chi connectivity index (χ3v) is 11.4. The van der Waals surface area contributed by atoms with Crippen molar-refractivity contribution < 1.29 is 5.11 Å². The summed E-state index contributed by atoms with van der Waals surface area (Å²) in [4.78, 5) is 0. The Morgan fingerprint density at radius 2 is 1.79 bits per heavy atom.